The van der Waals surface area contributed by atoms with Gasteiger partial charge in [-0.25, -0.2) is 4.39 Å². The van der Waals surface area contributed by atoms with Crippen molar-refractivity contribution in [3.05, 3.63) is 93.3 Å². The molecule has 0 atom stereocenters. The molecule has 0 bridgehead atoms. The van der Waals surface area contributed by atoms with Crippen LogP contribution in [-0.2, 0) is 11.3 Å². The maximum atomic E-state index is 13.9. The molecule has 1 aliphatic rings. The van der Waals surface area contributed by atoms with Gasteiger partial charge in [-0.2, -0.15) is 0 Å². The first kappa shape index (κ1) is 18.7. The molecule has 7 heteroatoms. The summed E-state index contributed by atoms with van der Waals surface area (Å²) in [6.07, 6.45) is 3.57. The normalized spacial score (nSPS) is 15.6. The van der Waals surface area contributed by atoms with E-state index in [1.54, 1.807) is 24.3 Å². The SMILES string of the molecule is O=C1S/C(=C\c2cccn2-c2cccc(Br)c2)C(=O)N1Cc1ccccc1F. The van der Waals surface area contributed by atoms with Crippen LogP contribution >= 0.6 is 27.7 Å². The first-order valence-corrected chi connectivity index (χ1v) is 10.1. The number of hydrogen-bond acceptors (Lipinski definition) is 3. The van der Waals surface area contributed by atoms with Gasteiger partial charge in [0.15, 0.2) is 0 Å². The van der Waals surface area contributed by atoms with Gasteiger partial charge in [0.25, 0.3) is 11.1 Å². The number of amides is 2. The van der Waals surface area contributed by atoms with Crippen LogP contribution in [-0.4, -0.2) is 20.6 Å². The topological polar surface area (TPSA) is 42.3 Å². The Morgan fingerprint density at radius 3 is 2.64 bits per heavy atom. The van der Waals surface area contributed by atoms with Gasteiger partial charge < -0.3 is 4.57 Å². The lowest BCUT2D eigenvalue weighted by atomic mass is 10.2. The number of benzene rings is 2. The standard InChI is InChI=1S/C21H14BrFN2O2S/c22-15-6-3-7-16(11-15)24-10-4-8-17(24)12-19-20(26)25(21(27)28-19)13-14-5-1-2-9-18(14)23/h1-12H,13H2/b19-12-. The van der Waals surface area contributed by atoms with Crippen molar-refractivity contribution in [2.45, 2.75) is 6.54 Å². The summed E-state index contributed by atoms with van der Waals surface area (Å²) in [7, 11) is 0. The van der Waals surface area contributed by atoms with E-state index in [-0.39, 0.29) is 6.54 Å². The van der Waals surface area contributed by atoms with Crippen LogP contribution in [0.15, 0.2) is 76.2 Å². The predicted molar refractivity (Wildman–Crippen MR) is 111 cm³/mol. The highest BCUT2D eigenvalue weighted by Crippen LogP contribution is 2.34. The lowest BCUT2D eigenvalue weighted by molar-refractivity contribution is -0.123. The number of rotatable bonds is 4. The van der Waals surface area contributed by atoms with Crippen molar-refractivity contribution in [2.24, 2.45) is 0 Å². The average molecular weight is 457 g/mol. The lowest BCUT2D eigenvalue weighted by Crippen LogP contribution is -2.27. The summed E-state index contributed by atoms with van der Waals surface area (Å²) in [5.41, 5.74) is 2.01. The Morgan fingerprint density at radius 1 is 1.04 bits per heavy atom. The molecule has 2 heterocycles. The van der Waals surface area contributed by atoms with Crippen molar-refractivity contribution in [1.29, 1.82) is 0 Å². The number of halogens is 2. The Morgan fingerprint density at radius 2 is 1.86 bits per heavy atom. The van der Waals surface area contributed by atoms with Gasteiger partial charge in [0.2, 0.25) is 0 Å². The van der Waals surface area contributed by atoms with E-state index in [0.29, 0.717) is 10.5 Å². The van der Waals surface area contributed by atoms with Gasteiger partial charge in [0.1, 0.15) is 5.82 Å². The summed E-state index contributed by atoms with van der Waals surface area (Å²) in [5.74, 6) is -0.852. The van der Waals surface area contributed by atoms with Crippen LogP contribution in [0, 0.1) is 5.82 Å². The zero-order chi connectivity index (χ0) is 19.7. The van der Waals surface area contributed by atoms with E-state index < -0.39 is 17.0 Å². The zero-order valence-electron chi connectivity index (χ0n) is 14.5. The highest BCUT2D eigenvalue weighted by Gasteiger charge is 2.35. The Bertz CT molecular complexity index is 1110. The molecule has 0 N–H and O–H groups in total. The minimum Gasteiger partial charge on any atom is -0.317 e. The quantitative estimate of drug-likeness (QED) is 0.478. The maximum absolute atomic E-state index is 13.9. The summed E-state index contributed by atoms with van der Waals surface area (Å²) in [4.78, 5) is 26.5. The van der Waals surface area contributed by atoms with E-state index in [4.69, 9.17) is 0 Å². The number of thioether (sulfide) groups is 1. The molecule has 0 unspecified atom stereocenters. The van der Waals surface area contributed by atoms with Crippen molar-refractivity contribution >= 4 is 44.9 Å². The number of carbonyl (C=O) groups is 2. The number of hydrogen-bond donors (Lipinski definition) is 0. The summed E-state index contributed by atoms with van der Waals surface area (Å²) in [6.45, 7) is -0.0820. The summed E-state index contributed by atoms with van der Waals surface area (Å²) < 4.78 is 16.8. The fourth-order valence-electron chi connectivity index (χ4n) is 2.94. The van der Waals surface area contributed by atoms with Crippen LogP contribution in [0.5, 0.6) is 0 Å². The van der Waals surface area contributed by atoms with E-state index in [1.807, 2.05) is 47.2 Å². The summed E-state index contributed by atoms with van der Waals surface area (Å²) >= 11 is 4.32. The molecule has 0 radical (unpaired) electrons. The van der Waals surface area contributed by atoms with E-state index in [2.05, 4.69) is 15.9 Å². The minimum atomic E-state index is -0.436. The Labute approximate surface area is 173 Å². The van der Waals surface area contributed by atoms with Crippen LogP contribution in [0.25, 0.3) is 11.8 Å². The lowest BCUT2D eigenvalue weighted by Gasteiger charge is -2.13. The molecule has 2 aromatic carbocycles. The van der Waals surface area contributed by atoms with Crippen molar-refractivity contribution < 1.29 is 14.0 Å². The molecular formula is C21H14BrFN2O2S. The van der Waals surface area contributed by atoms with Crippen molar-refractivity contribution in [3.63, 3.8) is 0 Å². The smallest absolute Gasteiger partial charge is 0.293 e. The van der Waals surface area contributed by atoms with Crippen LogP contribution in [0.1, 0.15) is 11.3 Å². The molecule has 1 saturated heterocycles. The van der Waals surface area contributed by atoms with Gasteiger partial charge in [-0.1, -0.05) is 40.2 Å². The molecule has 2 amide bonds. The summed E-state index contributed by atoms with van der Waals surface area (Å²) in [5, 5.41) is -0.403. The molecule has 4 nitrogen and oxygen atoms in total. The molecule has 0 saturated carbocycles. The fraction of sp³-hybridized carbons (Fsp3) is 0.0476. The van der Waals surface area contributed by atoms with E-state index in [9.17, 15) is 14.0 Å². The zero-order valence-corrected chi connectivity index (χ0v) is 16.9. The molecule has 0 spiro atoms. The van der Waals surface area contributed by atoms with Gasteiger partial charge >= 0.3 is 0 Å². The average Bonchev–Trinajstić information content (AvgIpc) is 3.24. The predicted octanol–water partition coefficient (Wildman–Crippen LogP) is 5.62. The number of aromatic nitrogens is 1. The first-order chi connectivity index (χ1) is 13.5. The van der Waals surface area contributed by atoms with E-state index in [0.717, 1.165) is 32.5 Å². The molecular weight excluding hydrogens is 443 g/mol. The monoisotopic (exact) mass is 456 g/mol. The Kier molecular flexibility index (Phi) is 5.19. The second-order valence-corrected chi connectivity index (χ2v) is 8.05. The molecule has 1 fully saturated rings. The van der Waals surface area contributed by atoms with Gasteiger partial charge in [-0.3, -0.25) is 14.5 Å². The van der Waals surface area contributed by atoms with Crippen LogP contribution in [0.2, 0.25) is 0 Å². The molecule has 3 aromatic rings. The fourth-order valence-corrected chi connectivity index (χ4v) is 4.15. The van der Waals surface area contributed by atoms with Gasteiger partial charge in [-0.15, -0.1) is 0 Å². The van der Waals surface area contributed by atoms with Gasteiger partial charge in [0.05, 0.1) is 11.4 Å². The van der Waals surface area contributed by atoms with Crippen LogP contribution in [0.3, 0.4) is 0 Å². The van der Waals surface area contributed by atoms with Crippen molar-refractivity contribution in [2.75, 3.05) is 0 Å². The summed E-state index contributed by atoms with van der Waals surface area (Å²) in [6, 6.07) is 17.6. The third kappa shape index (κ3) is 3.68. The molecule has 140 valence electrons. The highest BCUT2D eigenvalue weighted by atomic mass is 79.9. The number of nitrogens with zero attached hydrogens (tertiary/aromatic N) is 2. The molecule has 0 aliphatic carbocycles. The van der Waals surface area contributed by atoms with Crippen molar-refractivity contribution in [3.8, 4) is 5.69 Å². The maximum Gasteiger partial charge on any atom is 0.293 e. The van der Waals surface area contributed by atoms with Crippen molar-refractivity contribution in [1.82, 2.24) is 9.47 Å². The molecule has 1 aromatic heterocycles. The van der Waals surface area contributed by atoms with E-state index in [1.165, 1.54) is 6.07 Å². The second-order valence-electron chi connectivity index (χ2n) is 6.14. The molecule has 1 aliphatic heterocycles. The third-order valence-corrected chi connectivity index (χ3v) is 5.71. The van der Waals surface area contributed by atoms with Crippen LogP contribution in [0.4, 0.5) is 9.18 Å². The van der Waals surface area contributed by atoms with Gasteiger partial charge in [0, 0.05) is 27.6 Å². The Balaban J connectivity index is 1.62. The molecule has 4 rings (SSSR count). The second kappa shape index (κ2) is 7.77. The minimum absolute atomic E-state index is 0.0820. The van der Waals surface area contributed by atoms with Crippen LogP contribution < -0.4 is 0 Å². The molecule has 28 heavy (non-hydrogen) atoms. The van der Waals surface area contributed by atoms with E-state index >= 15 is 0 Å². The largest absolute Gasteiger partial charge is 0.317 e. The number of carbonyl (C=O) groups excluding carboxylic acids is 2. The third-order valence-electron chi connectivity index (χ3n) is 4.31. The van der Waals surface area contributed by atoms with Gasteiger partial charge in [-0.05, 0) is 54.2 Å². The first-order valence-electron chi connectivity index (χ1n) is 8.45. The Hall–Kier alpha value is -2.64. The number of imide groups is 1. The highest BCUT2D eigenvalue weighted by molar-refractivity contribution is 9.10.